The molecule has 0 spiro atoms. The molecule has 21 nitrogen and oxygen atoms in total. The van der Waals surface area contributed by atoms with Gasteiger partial charge in [-0.3, -0.25) is 43.3 Å². The molecule has 382 valence electrons. The van der Waals surface area contributed by atoms with Crippen LogP contribution in [0.25, 0.3) is 10.9 Å². The van der Waals surface area contributed by atoms with E-state index < -0.39 is 102 Å². The second-order valence-electron chi connectivity index (χ2n) is 18.5. The number of fused-ring (bicyclic) bond motifs is 3. The minimum atomic E-state index is -1.40. The average Bonchev–Trinajstić information content (AvgIpc) is 4.17. The van der Waals surface area contributed by atoms with Crippen LogP contribution in [0.2, 0.25) is 0 Å². The minimum Gasteiger partial charge on any atom is -0.370 e. The van der Waals surface area contributed by atoms with Crippen molar-refractivity contribution in [2.75, 3.05) is 26.2 Å². The van der Waals surface area contributed by atoms with E-state index in [1.54, 1.807) is 54.7 Å². The van der Waals surface area contributed by atoms with Crippen molar-refractivity contribution in [3.63, 3.8) is 0 Å². The van der Waals surface area contributed by atoms with Crippen LogP contribution in [-0.2, 0) is 57.6 Å². The number of amides is 8. The number of para-hydroxylation sites is 1. The molecule has 0 saturated carbocycles. The summed E-state index contributed by atoms with van der Waals surface area (Å²) in [6.45, 7) is 1.55. The number of aromatic amines is 1. The molecule has 3 aliphatic heterocycles. The van der Waals surface area contributed by atoms with Crippen LogP contribution in [0.5, 0.6) is 0 Å². The molecule has 8 amide bonds. The number of guanidine groups is 1. The normalized spacial score (nSPS) is 25.2. The highest BCUT2D eigenvalue weighted by Crippen LogP contribution is 2.27. The predicted octanol–water partition coefficient (Wildman–Crippen LogP) is -0.868. The quantitative estimate of drug-likeness (QED) is 0.0501. The van der Waals surface area contributed by atoms with Crippen molar-refractivity contribution in [3.05, 3.63) is 108 Å². The molecule has 0 bridgehead atoms. The fourth-order valence-electron chi connectivity index (χ4n) is 9.59. The van der Waals surface area contributed by atoms with Crippen LogP contribution < -0.4 is 49.1 Å². The first-order valence-electron chi connectivity index (χ1n) is 24.5. The molecule has 4 aromatic rings. The van der Waals surface area contributed by atoms with Crippen LogP contribution in [0, 0.1) is 0 Å². The van der Waals surface area contributed by atoms with Gasteiger partial charge in [0.15, 0.2) is 5.96 Å². The van der Waals surface area contributed by atoms with Gasteiger partial charge in [0.2, 0.25) is 47.3 Å². The monoisotopic (exact) mass is 988 g/mol. The third kappa shape index (κ3) is 13.1. The summed E-state index contributed by atoms with van der Waals surface area (Å²) in [6, 6.07) is 15.7. The lowest BCUT2D eigenvalue weighted by Gasteiger charge is -2.33. The molecular weight excluding hydrogens is 923 g/mol. The molecule has 21 heteroatoms. The van der Waals surface area contributed by atoms with Gasteiger partial charge in [0.05, 0.1) is 0 Å². The summed E-state index contributed by atoms with van der Waals surface area (Å²) in [4.78, 5) is 125. The molecule has 0 radical (unpaired) electrons. The number of hydrogen-bond acceptors (Lipinski definition) is 10. The third-order valence-corrected chi connectivity index (χ3v) is 13.4. The average molecular weight is 988 g/mol. The zero-order valence-electron chi connectivity index (χ0n) is 40.3. The number of benzene rings is 3. The van der Waals surface area contributed by atoms with E-state index in [0.29, 0.717) is 30.4 Å². The fraction of sp³-hybridized carbons (Fsp3) is 0.431. The van der Waals surface area contributed by atoms with Crippen molar-refractivity contribution >= 4 is 64.1 Å². The van der Waals surface area contributed by atoms with Crippen molar-refractivity contribution in [3.8, 4) is 0 Å². The molecule has 3 aliphatic rings. The molecule has 3 fully saturated rings. The smallest absolute Gasteiger partial charge is 0.246 e. The minimum absolute atomic E-state index is 0.00754. The van der Waals surface area contributed by atoms with Crippen molar-refractivity contribution in [1.29, 1.82) is 0 Å². The van der Waals surface area contributed by atoms with E-state index in [2.05, 4.69) is 41.9 Å². The van der Waals surface area contributed by atoms with Crippen molar-refractivity contribution in [1.82, 2.24) is 46.7 Å². The van der Waals surface area contributed by atoms with Gasteiger partial charge in [-0.1, -0.05) is 78.9 Å². The van der Waals surface area contributed by atoms with Gasteiger partial charge in [-0.2, -0.15) is 0 Å². The first kappa shape index (κ1) is 52.0. The Bertz CT molecular complexity index is 2620. The fourth-order valence-corrected chi connectivity index (χ4v) is 9.59. The topological polar surface area (TPSA) is 321 Å². The first-order chi connectivity index (χ1) is 34.7. The van der Waals surface area contributed by atoms with Crippen LogP contribution in [-0.4, -0.2) is 143 Å². The van der Waals surface area contributed by atoms with Crippen molar-refractivity contribution in [2.45, 2.75) is 113 Å². The Morgan fingerprint density at radius 2 is 1.08 bits per heavy atom. The van der Waals surface area contributed by atoms with E-state index in [9.17, 15) is 38.4 Å². The summed E-state index contributed by atoms with van der Waals surface area (Å²) < 4.78 is 0. The van der Waals surface area contributed by atoms with E-state index in [-0.39, 0.29) is 64.1 Å². The summed E-state index contributed by atoms with van der Waals surface area (Å²) in [5, 5.41) is 17.3. The number of H-pyrrole nitrogens is 1. The number of aliphatic imine (C=N–C) groups is 1. The summed E-state index contributed by atoms with van der Waals surface area (Å²) >= 11 is 0. The third-order valence-electron chi connectivity index (χ3n) is 13.4. The Morgan fingerprint density at radius 1 is 0.569 bits per heavy atom. The molecule has 13 N–H and O–H groups in total. The number of nitrogens with one attached hydrogen (secondary N) is 7. The van der Waals surface area contributed by atoms with Gasteiger partial charge in [0.1, 0.15) is 48.3 Å². The second kappa shape index (κ2) is 24.3. The molecule has 3 saturated heterocycles. The molecule has 8 atom stereocenters. The molecule has 4 heterocycles. The summed E-state index contributed by atoms with van der Waals surface area (Å²) in [6.07, 6.45) is 3.46. The Balaban J connectivity index is 1.25. The molecule has 72 heavy (non-hydrogen) atoms. The highest BCUT2D eigenvalue weighted by Gasteiger charge is 2.44. The Hall–Kier alpha value is -7.81. The molecule has 3 aromatic carbocycles. The number of hydrogen-bond donors (Lipinski definition) is 10. The van der Waals surface area contributed by atoms with E-state index >= 15 is 0 Å². The molecule has 0 aliphatic carbocycles. The van der Waals surface area contributed by atoms with Crippen LogP contribution in [0.4, 0.5) is 0 Å². The Morgan fingerprint density at radius 3 is 1.74 bits per heavy atom. The standard InChI is InChI=1S/C51H65N13O8/c1-30-43(65)61-39(26-32-15-6-3-7-16-32)49(71)64-24-12-21-42(64)50(72)63-23-11-20-41(63)48(70)60-37(25-31-13-4-2-5-14-31)45(67)58-36(19-10-22-55-51(53)54)44(66)59-38(46(68)62-40(28-52)47(69)57-30)27-33-29-56-35-18-9-8-17-34(33)35/h2-9,13-18,29-30,36-42,56H,10-12,19-28,52H2,1H3,(H,57,69)(H,58,67)(H,59,66)(H,60,70)(H,61,65)(H,62,68)(H4,53,54,55)/t30-,36-,37+,38-,39-,40-,41-,42+/m0/s1. The van der Waals surface area contributed by atoms with E-state index in [1.165, 1.54) is 16.7 Å². The van der Waals surface area contributed by atoms with E-state index in [1.807, 2.05) is 36.4 Å². The van der Waals surface area contributed by atoms with Crippen LogP contribution >= 0.6 is 0 Å². The van der Waals surface area contributed by atoms with Crippen LogP contribution in [0.3, 0.4) is 0 Å². The van der Waals surface area contributed by atoms with Gasteiger partial charge in [-0.15, -0.1) is 0 Å². The van der Waals surface area contributed by atoms with Gasteiger partial charge in [-0.25, -0.2) is 0 Å². The zero-order chi connectivity index (χ0) is 51.3. The largest absolute Gasteiger partial charge is 0.370 e. The summed E-state index contributed by atoms with van der Waals surface area (Å²) in [5.74, 6) is -5.52. The number of aromatic nitrogens is 1. The van der Waals surface area contributed by atoms with E-state index in [0.717, 1.165) is 16.5 Å². The SMILES string of the molecule is C[C@@H]1NC(=O)[C@H](CN)NC(=O)[C@H](Cc2c[nH]c3ccccc23)NC(=O)[C@H](CCCN=C(N)N)NC(=O)[C@@H](Cc2ccccc2)NC(=O)[C@@H]2CCCN2C(=O)[C@H]2CCCN2C(=O)[C@H](Cc2ccccc2)NC1=O. The second-order valence-corrected chi connectivity index (χ2v) is 18.5. The maximum atomic E-state index is 14.6. The molecular formula is C51H65N13O8. The van der Waals surface area contributed by atoms with Gasteiger partial charge in [0.25, 0.3) is 0 Å². The Kier molecular flexibility index (Phi) is 17.6. The number of carbonyl (C=O) groups excluding carboxylic acids is 8. The number of nitrogens with zero attached hydrogens (tertiary/aromatic N) is 3. The lowest BCUT2D eigenvalue weighted by molar-refractivity contribution is -0.148. The maximum Gasteiger partial charge on any atom is 0.246 e. The van der Waals surface area contributed by atoms with E-state index in [4.69, 9.17) is 17.2 Å². The van der Waals surface area contributed by atoms with Gasteiger partial charge < -0.3 is 63.9 Å². The van der Waals surface area contributed by atoms with Crippen LogP contribution in [0.1, 0.15) is 62.1 Å². The number of nitrogens with two attached hydrogens (primary N) is 3. The number of carbonyl (C=O) groups is 8. The zero-order valence-corrected chi connectivity index (χ0v) is 40.3. The lowest BCUT2D eigenvalue weighted by atomic mass is 10.0. The van der Waals surface area contributed by atoms with Gasteiger partial charge >= 0.3 is 0 Å². The van der Waals surface area contributed by atoms with Gasteiger partial charge in [-0.05, 0) is 68.2 Å². The first-order valence-corrected chi connectivity index (χ1v) is 24.5. The Labute approximate surface area is 417 Å². The molecule has 7 rings (SSSR count). The highest BCUT2D eigenvalue weighted by molar-refractivity contribution is 5.99. The van der Waals surface area contributed by atoms with Crippen LogP contribution in [0.15, 0.2) is 96.1 Å². The summed E-state index contributed by atoms with van der Waals surface area (Å²) in [7, 11) is 0. The summed E-state index contributed by atoms with van der Waals surface area (Å²) in [5.41, 5.74) is 20.1. The molecule has 1 aromatic heterocycles. The highest BCUT2D eigenvalue weighted by atomic mass is 16.2. The van der Waals surface area contributed by atoms with Crippen molar-refractivity contribution < 1.29 is 38.4 Å². The van der Waals surface area contributed by atoms with Crippen molar-refractivity contribution in [2.24, 2.45) is 22.2 Å². The predicted molar refractivity (Wildman–Crippen MR) is 268 cm³/mol. The maximum absolute atomic E-state index is 14.6. The van der Waals surface area contributed by atoms with Gasteiger partial charge in [0, 0.05) is 62.5 Å². The lowest BCUT2D eigenvalue weighted by Crippen LogP contribution is -2.62. The molecule has 0 unspecified atom stereocenters. The number of rotatable bonds is 11.